The van der Waals surface area contributed by atoms with Crippen LogP contribution in [0.4, 0.5) is 0 Å². The van der Waals surface area contributed by atoms with Gasteiger partial charge in [0.25, 0.3) is 5.56 Å². The van der Waals surface area contributed by atoms with Crippen molar-refractivity contribution in [1.82, 2.24) is 33.8 Å². The third kappa shape index (κ3) is 6.39. The van der Waals surface area contributed by atoms with Gasteiger partial charge in [-0.2, -0.15) is 0 Å². The summed E-state index contributed by atoms with van der Waals surface area (Å²) in [5.41, 5.74) is -0.0873. The number of carbonyl (C=O) groups is 2. The molecule has 1 fully saturated rings. The summed E-state index contributed by atoms with van der Waals surface area (Å²) in [4.78, 5) is 62.7. The molecule has 0 atom stereocenters. The number of unbranched alkanes of at least 4 members (excludes halogenated alkanes) is 1. The van der Waals surface area contributed by atoms with Crippen molar-refractivity contribution >= 4 is 23.0 Å². The third-order valence-electron chi connectivity index (χ3n) is 6.39. The number of fused-ring (bicyclic) bond motifs is 1. The van der Waals surface area contributed by atoms with Gasteiger partial charge in [0.15, 0.2) is 11.2 Å². The van der Waals surface area contributed by atoms with E-state index in [0.29, 0.717) is 69.2 Å². The summed E-state index contributed by atoms with van der Waals surface area (Å²) in [5.74, 6) is 0.999. The van der Waals surface area contributed by atoms with Gasteiger partial charge in [0, 0.05) is 66.2 Å². The molecular formula is C24H39N7O4. The minimum absolute atomic E-state index is 0.0315. The number of carbonyl (C=O) groups excluding carboxylic acids is 2. The fraction of sp³-hybridized carbons (Fsp3) is 0.708. The minimum atomic E-state index is -0.446. The molecule has 11 heteroatoms. The maximum Gasteiger partial charge on any atom is 0.330 e. The predicted octanol–water partition coefficient (Wildman–Crippen LogP) is 0.507. The third-order valence-corrected chi connectivity index (χ3v) is 6.39. The van der Waals surface area contributed by atoms with Crippen molar-refractivity contribution in [3.8, 4) is 0 Å². The number of rotatable bonds is 10. The van der Waals surface area contributed by atoms with Crippen molar-refractivity contribution in [2.75, 3.05) is 46.8 Å². The van der Waals surface area contributed by atoms with Gasteiger partial charge in [0.05, 0.1) is 6.54 Å². The zero-order chi connectivity index (χ0) is 25.7. The van der Waals surface area contributed by atoms with Gasteiger partial charge < -0.3 is 14.4 Å². The smallest absolute Gasteiger partial charge is 0.330 e. The van der Waals surface area contributed by atoms with E-state index in [0.717, 1.165) is 12.8 Å². The van der Waals surface area contributed by atoms with E-state index in [1.165, 1.54) is 4.57 Å². The van der Waals surface area contributed by atoms with Crippen molar-refractivity contribution in [1.29, 1.82) is 0 Å². The zero-order valence-electron chi connectivity index (χ0n) is 21.7. The van der Waals surface area contributed by atoms with E-state index in [2.05, 4.69) is 23.7 Å². The molecule has 0 bridgehead atoms. The Morgan fingerprint density at radius 3 is 2.37 bits per heavy atom. The minimum Gasteiger partial charge on any atom is -0.348 e. The van der Waals surface area contributed by atoms with Gasteiger partial charge in [-0.3, -0.25) is 28.8 Å². The lowest BCUT2D eigenvalue weighted by molar-refractivity contribution is -0.134. The van der Waals surface area contributed by atoms with Gasteiger partial charge in [-0.1, -0.05) is 27.2 Å². The Balaban J connectivity index is 1.75. The summed E-state index contributed by atoms with van der Waals surface area (Å²) in [5, 5.41) is 0. The van der Waals surface area contributed by atoms with Gasteiger partial charge in [-0.05, 0) is 12.3 Å². The van der Waals surface area contributed by atoms with Crippen LogP contribution in [0.1, 0.15) is 45.9 Å². The van der Waals surface area contributed by atoms with Crippen LogP contribution in [0.2, 0.25) is 0 Å². The zero-order valence-corrected chi connectivity index (χ0v) is 21.7. The number of aromatic amines is 1. The normalized spacial score (nSPS) is 14.7. The van der Waals surface area contributed by atoms with Crippen LogP contribution < -0.4 is 11.2 Å². The standard InChI is InChI=1S/C24H39N7O4/c1-6-7-10-30-22-21(23(34)26-24(30)35)31(15-17(2)3)18(25-22)8-9-19(32)29-13-11-28(12-14-29)16-20(33)27(4)5/h17H,6-16H2,1-5H3,(H,26,34,35). The fourth-order valence-corrected chi connectivity index (χ4v) is 4.36. The van der Waals surface area contributed by atoms with Crippen LogP contribution in [0, 0.1) is 5.92 Å². The fourth-order valence-electron chi connectivity index (χ4n) is 4.36. The van der Waals surface area contributed by atoms with Gasteiger partial charge in [-0.15, -0.1) is 0 Å². The topological polar surface area (TPSA) is 117 Å². The maximum absolute atomic E-state index is 13.0. The molecule has 0 saturated carbocycles. The molecular weight excluding hydrogens is 450 g/mol. The number of amides is 2. The van der Waals surface area contributed by atoms with E-state index in [-0.39, 0.29) is 24.2 Å². The Morgan fingerprint density at radius 1 is 1.09 bits per heavy atom. The van der Waals surface area contributed by atoms with Gasteiger partial charge >= 0.3 is 5.69 Å². The molecule has 11 nitrogen and oxygen atoms in total. The summed E-state index contributed by atoms with van der Waals surface area (Å²) in [6.45, 7) is 10.1. The molecule has 35 heavy (non-hydrogen) atoms. The van der Waals surface area contributed by atoms with Gasteiger partial charge in [0.1, 0.15) is 5.82 Å². The van der Waals surface area contributed by atoms with Crippen molar-refractivity contribution < 1.29 is 9.59 Å². The number of piperazine rings is 1. The summed E-state index contributed by atoms with van der Waals surface area (Å²) in [6, 6.07) is 0. The molecule has 0 unspecified atom stereocenters. The molecule has 1 aliphatic heterocycles. The second kappa shape index (κ2) is 11.7. The lowest BCUT2D eigenvalue weighted by Crippen LogP contribution is -2.51. The largest absolute Gasteiger partial charge is 0.348 e. The molecule has 0 spiro atoms. The number of H-pyrrole nitrogens is 1. The Hall–Kier alpha value is -2.95. The summed E-state index contributed by atoms with van der Waals surface area (Å²) < 4.78 is 3.41. The van der Waals surface area contributed by atoms with Crippen molar-refractivity contribution in [2.45, 2.75) is 59.5 Å². The Kier molecular flexibility index (Phi) is 8.87. The first kappa shape index (κ1) is 26.7. The van der Waals surface area contributed by atoms with E-state index >= 15 is 0 Å². The van der Waals surface area contributed by atoms with E-state index in [9.17, 15) is 19.2 Å². The Labute approximate surface area is 205 Å². The summed E-state index contributed by atoms with van der Waals surface area (Å²) >= 11 is 0. The first-order chi connectivity index (χ1) is 16.6. The lowest BCUT2D eigenvalue weighted by Gasteiger charge is -2.34. The van der Waals surface area contributed by atoms with Crippen LogP contribution in [-0.2, 0) is 29.1 Å². The van der Waals surface area contributed by atoms with Crippen molar-refractivity contribution in [3.05, 3.63) is 26.7 Å². The van der Waals surface area contributed by atoms with Crippen molar-refractivity contribution in [2.24, 2.45) is 5.92 Å². The number of aromatic nitrogens is 4. The van der Waals surface area contributed by atoms with Crippen LogP contribution in [0.25, 0.3) is 11.2 Å². The number of nitrogens with zero attached hydrogens (tertiary/aromatic N) is 6. The quantitative estimate of drug-likeness (QED) is 0.520. The van der Waals surface area contributed by atoms with Crippen LogP contribution >= 0.6 is 0 Å². The highest BCUT2D eigenvalue weighted by molar-refractivity contribution is 5.78. The molecule has 2 aromatic rings. The van der Waals surface area contributed by atoms with Crippen molar-refractivity contribution in [3.63, 3.8) is 0 Å². The first-order valence-electron chi connectivity index (χ1n) is 12.5. The molecule has 0 aromatic carbocycles. The van der Waals surface area contributed by atoms with E-state index in [1.807, 2.05) is 16.4 Å². The molecule has 2 amide bonds. The van der Waals surface area contributed by atoms with Crippen LogP contribution in [0.15, 0.2) is 9.59 Å². The number of likely N-dealkylation sites (N-methyl/N-ethyl adjacent to an activating group) is 1. The highest BCUT2D eigenvalue weighted by Gasteiger charge is 2.24. The van der Waals surface area contributed by atoms with E-state index in [1.54, 1.807) is 19.0 Å². The molecule has 1 aliphatic rings. The molecule has 194 valence electrons. The predicted molar refractivity (Wildman–Crippen MR) is 134 cm³/mol. The molecule has 1 N–H and O–H groups in total. The second-order valence-electron chi connectivity index (χ2n) is 9.91. The second-order valence-corrected chi connectivity index (χ2v) is 9.91. The van der Waals surface area contributed by atoms with Crippen LogP contribution in [-0.4, -0.2) is 92.4 Å². The number of aryl methyl sites for hydroxylation is 2. The lowest BCUT2D eigenvalue weighted by atomic mass is 10.2. The Morgan fingerprint density at radius 2 is 1.77 bits per heavy atom. The summed E-state index contributed by atoms with van der Waals surface area (Å²) in [7, 11) is 3.48. The summed E-state index contributed by atoms with van der Waals surface area (Å²) in [6.07, 6.45) is 2.38. The molecule has 2 aromatic heterocycles. The van der Waals surface area contributed by atoms with Gasteiger partial charge in [0.2, 0.25) is 11.8 Å². The number of imidazole rings is 1. The molecule has 0 aliphatic carbocycles. The average Bonchev–Trinajstić information content (AvgIpc) is 3.15. The van der Waals surface area contributed by atoms with E-state index < -0.39 is 11.2 Å². The maximum atomic E-state index is 13.0. The number of hydrogen-bond acceptors (Lipinski definition) is 6. The Bertz CT molecular complexity index is 1150. The van der Waals surface area contributed by atoms with Gasteiger partial charge in [-0.25, -0.2) is 9.78 Å². The van der Waals surface area contributed by atoms with E-state index in [4.69, 9.17) is 4.98 Å². The first-order valence-corrected chi connectivity index (χ1v) is 12.5. The number of hydrogen-bond donors (Lipinski definition) is 1. The highest BCUT2D eigenvalue weighted by Crippen LogP contribution is 2.17. The number of nitrogens with one attached hydrogen (secondary N) is 1. The average molecular weight is 490 g/mol. The highest BCUT2D eigenvalue weighted by atomic mass is 16.2. The molecule has 3 rings (SSSR count). The molecule has 1 saturated heterocycles. The SMILES string of the molecule is CCCCn1c(=O)[nH]c(=O)c2c1nc(CCC(=O)N1CCN(CC(=O)N(C)C)CC1)n2CC(C)C. The monoisotopic (exact) mass is 489 g/mol. The van der Waals surface area contributed by atoms with Crippen LogP contribution in [0.5, 0.6) is 0 Å². The van der Waals surface area contributed by atoms with Crippen LogP contribution in [0.3, 0.4) is 0 Å². The molecule has 3 heterocycles. The molecule has 0 radical (unpaired) electrons.